The van der Waals surface area contributed by atoms with E-state index < -0.39 is 0 Å². The first-order valence-corrected chi connectivity index (χ1v) is 6.13. The van der Waals surface area contributed by atoms with Crippen molar-refractivity contribution < 1.29 is 19.3 Å². The van der Waals surface area contributed by atoms with Crippen LogP contribution in [-0.4, -0.2) is 32.2 Å². The molecule has 1 heterocycles. The van der Waals surface area contributed by atoms with Gasteiger partial charge < -0.3 is 24.6 Å². The lowest BCUT2D eigenvalue weighted by molar-refractivity contribution is 0.171. The lowest BCUT2D eigenvalue weighted by Crippen LogP contribution is -2.15. The highest BCUT2D eigenvalue weighted by atomic mass is 16.7. The Kier molecular flexibility index (Phi) is 4.66. The van der Waals surface area contributed by atoms with Gasteiger partial charge >= 0.3 is 0 Å². The summed E-state index contributed by atoms with van der Waals surface area (Å²) in [6.45, 7) is 2.13. The van der Waals surface area contributed by atoms with Crippen molar-refractivity contribution in [1.29, 1.82) is 0 Å². The topological polar surface area (TPSA) is 60.0 Å². The van der Waals surface area contributed by atoms with Crippen molar-refractivity contribution in [3.63, 3.8) is 0 Å². The first kappa shape index (κ1) is 13.0. The molecule has 0 saturated carbocycles. The van der Waals surface area contributed by atoms with E-state index >= 15 is 0 Å². The van der Waals surface area contributed by atoms with Gasteiger partial charge in [0, 0.05) is 13.2 Å². The lowest BCUT2D eigenvalue weighted by Gasteiger charge is -2.09. The second kappa shape index (κ2) is 6.47. The van der Waals surface area contributed by atoms with E-state index in [0.29, 0.717) is 11.5 Å². The van der Waals surface area contributed by atoms with Gasteiger partial charge in [-0.2, -0.15) is 0 Å². The van der Waals surface area contributed by atoms with E-state index in [-0.39, 0.29) is 13.4 Å². The maximum absolute atomic E-state index is 8.68. The third kappa shape index (κ3) is 3.05. The number of unbranched alkanes of at least 4 members (excludes halogenated alkanes) is 1. The molecule has 5 nitrogen and oxygen atoms in total. The lowest BCUT2D eigenvalue weighted by atomic mass is 10.2. The highest BCUT2D eigenvalue weighted by molar-refractivity contribution is 5.55. The molecule has 1 aromatic rings. The summed E-state index contributed by atoms with van der Waals surface area (Å²) in [5.74, 6) is 2.13. The summed E-state index contributed by atoms with van der Waals surface area (Å²) in [5.41, 5.74) is 1.10. The molecule has 1 aliphatic rings. The van der Waals surface area contributed by atoms with Gasteiger partial charge in [0.25, 0.3) is 0 Å². The molecular weight excluding hydrogens is 234 g/mol. The van der Waals surface area contributed by atoms with Crippen LogP contribution in [0.25, 0.3) is 0 Å². The van der Waals surface area contributed by atoms with Crippen LogP contribution in [0.1, 0.15) is 18.4 Å². The Balaban J connectivity index is 1.93. The van der Waals surface area contributed by atoms with E-state index in [1.54, 1.807) is 7.11 Å². The molecule has 2 rings (SSSR count). The molecule has 0 bridgehead atoms. The largest absolute Gasteiger partial charge is 0.493 e. The summed E-state index contributed by atoms with van der Waals surface area (Å²) in [6.07, 6.45) is 1.80. The van der Waals surface area contributed by atoms with E-state index in [4.69, 9.17) is 19.3 Å². The number of rotatable bonds is 7. The number of benzene rings is 1. The molecule has 18 heavy (non-hydrogen) atoms. The van der Waals surface area contributed by atoms with Crippen molar-refractivity contribution in [2.75, 3.05) is 27.1 Å². The molecule has 0 radical (unpaired) electrons. The van der Waals surface area contributed by atoms with Crippen LogP contribution >= 0.6 is 0 Å². The number of aliphatic hydroxyl groups is 1. The van der Waals surface area contributed by atoms with E-state index in [1.807, 2.05) is 12.1 Å². The molecule has 0 amide bonds. The number of hydrogen-bond acceptors (Lipinski definition) is 5. The number of hydrogen-bond donors (Lipinski definition) is 2. The molecule has 0 aliphatic carbocycles. The van der Waals surface area contributed by atoms with Crippen LogP contribution in [0.4, 0.5) is 0 Å². The van der Waals surface area contributed by atoms with E-state index in [1.165, 1.54) is 0 Å². The molecule has 5 heteroatoms. The van der Waals surface area contributed by atoms with Gasteiger partial charge in [-0.25, -0.2) is 0 Å². The third-order valence-electron chi connectivity index (χ3n) is 2.81. The standard InChI is InChI=1S/C13H19NO4/c1-16-11-6-10(8-14-4-2-3-5-15)7-12-13(11)18-9-17-12/h6-7,14-15H,2-5,8-9H2,1H3. The Labute approximate surface area is 107 Å². The van der Waals surface area contributed by atoms with Crippen molar-refractivity contribution in [2.45, 2.75) is 19.4 Å². The van der Waals surface area contributed by atoms with Crippen molar-refractivity contribution >= 4 is 0 Å². The highest BCUT2D eigenvalue weighted by Gasteiger charge is 2.19. The van der Waals surface area contributed by atoms with Gasteiger partial charge in [0.2, 0.25) is 12.5 Å². The van der Waals surface area contributed by atoms with Crippen LogP contribution < -0.4 is 19.5 Å². The molecule has 2 N–H and O–H groups in total. The van der Waals surface area contributed by atoms with E-state index in [9.17, 15) is 0 Å². The monoisotopic (exact) mass is 253 g/mol. The average molecular weight is 253 g/mol. The molecule has 0 saturated heterocycles. The number of nitrogens with one attached hydrogen (secondary N) is 1. The maximum Gasteiger partial charge on any atom is 0.231 e. The van der Waals surface area contributed by atoms with Gasteiger partial charge in [-0.1, -0.05) is 0 Å². The van der Waals surface area contributed by atoms with Crippen molar-refractivity contribution in [3.05, 3.63) is 17.7 Å². The maximum atomic E-state index is 8.68. The van der Waals surface area contributed by atoms with Gasteiger partial charge in [0.1, 0.15) is 0 Å². The zero-order valence-electron chi connectivity index (χ0n) is 10.6. The smallest absolute Gasteiger partial charge is 0.231 e. The first-order valence-electron chi connectivity index (χ1n) is 6.13. The van der Waals surface area contributed by atoms with Crippen LogP contribution in [-0.2, 0) is 6.54 Å². The van der Waals surface area contributed by atoms with Crippen LogP contribution in [0, 0.1) is 0 Å². The van der Waals surface area contributed by atoms with Crippen LogP contribution in [0.5, 0.6) is 17.2 Å². The minimum absolute atomic E-state index is 0.249. The summed E-state index contributed by atoms with van der Waals surface area (Å²) >= 11 is 0. The van der Waals surface area contributed by atoms with Crippen molar-refractivity contribution in [3.8, 4) is 17.2 Å². The first-order chi connectivity index (χ1) is 8.85. The van der Waals surface area contributed by atoms with Crippen LogP contribution in [0.15, 0.2) is 12.1 Å². The Morgan fingerprint density at radius 3 is 3.00 bits per heavy atom. The zero-order chi connectivity index (χ0) is 12.8. The van der Waals surface area contributed by atoms with Crippen molar-refractivity contribution in [2.24, 2.45) is 0 Å². The molecule has 0 unspecified atom stereocenters. The molecular formula is C13H19NO4. The number of methoxy groups -OCH3 is 1. The predicted octanol–water partition coefficient (Wildman–Crippen LogP) is 1.29. The SMILES string of the molecule is COc1cc(CNCCCCO)cc2c1OCO2. The Morgan fingerprint density at radius 1 is 1.33 bits per heavy atom. The molecule has 0 spiro atoms. The van der Waals surface area contributed by atoms with Gasteiger partial charge in [-0.05, 0) is 37.1 Å². The van der Waals surface area contributed by atoms with Gasteiger partial charge in [-0.15, -0.1) is 0 Å². The second-order valence-corrected chi connectivity index (χ2v) is 4.14. The second-order valence-electron chi connectivity index (χ2n) is 4.14. The Morgan fingerprint density at radius 2 is 2.22 bits per heavy atom. The summed E-state index contributed by atoms with van der Waals surface area (Å²) in [6, 6.07) is 3.91. The summed E-state index contributed by atoms with van der Waals surface area (Å²) in [5, 5.41) is 12.0. The molecule has 1 aromatic carbocycles. The molecule has 0 atom stereocenters. The van der Waals surface area contributed by atoms with Crippen molar-refractivity contribution in [1.82, 2.24) is 5.32 Å². The zero-order valence-corrected chi connectivity index (χ0v) is 10.6. The molecule has 0 fully saturated rings. The van der Waals surface area contributed by atoms with Crippen LogP contribution in [0.3, 0.4) is 0 Å². The average Bonchev–Trinajstić information content (AvgIpc) is 2.85. The Hall–Kier alpha value is -1.46. The van der Waals surface area contributed by atoms with Gasteiger partial charge in [-0.3, -0.25) is 0 Å². The number of ether oxygens (including phenoxy) is 3. The number of fused-ring (bicyclic) bond motifs is 1. The molecule has 1 aliphatic heterocycles. The van der Waals surface area contributed by atoms with Crippen LogP contribution in [0.2, 0.25) is 0 Å². The predicted molar refractivity (Wildman–Crippen MR) is 67.1 cm³/mol. The normalized spacial score (nSPS) is 12.8. The number of aliphatic hydroxyl groups excluding tert-OH is 1. The third-order valence-corrected chi connectivity index (χ3v) is 2.81. The summed E-state index contributed by atoms with van der Waals surface area (Å²) < 4.78 is 16.0. The van der Waals surface area contributed by atoms with Gasteiger partial charge in [0.05, 0.1) is 7.11 Å². The fourth-order valence-corrected chi connectivity index (χ4v) is 1.88. The minimum atomic E-state index is 0.249. The minimum Gasteiger partial charge on any atom is -0.493 e. The summed E-state index contributed by atoms with van der Waals surface area (Å²) in [7, 11) is 1.62. The fraction of sp³-hybridized carbons (Fsp3) is 0.538. The van der Waals surface area contributed by atoms with E-state index in [2.05, 4.69) is 5.32 Å². The quantitative estimate of drug-likeness (QED) is 0.717. The Bertz CT molecular complexity index is 395. The molecule has 0 aromatic heterocycles. The van der Waals surface area contributed by atoms with Gasteiger partial charge in [0.15, 0.2) is 11.5 Å². The summed E-state index contributed by atoms with van der Waals surface area (Å²) in [4.78, 5) is 0. The highest BCUT2D eigenvalue weighted by Crippen LogP contribution is 2.41. The molecule has 100 valence electrons. The fourth-order valence-electron chi connectivity index (χ4n) is 1.88. The van der Waals surface area contributed by atoms with E-state index in [0.717, 1.165) is 37.2 Å².